The summed E-state index contributed by atoms with van der Waals surface area (Å²) in [5, 5.41) is 11.6. The van der Waals surface area contributed by atoms with E-state index in [1.807, 2.05) is 30.3 Å². The summed E-state index contributed by atoms with van der Waals surface area (Å²) >= 11 is 6.33. The van der Waals surface area contributed by atoms with Crippen molar-refractivity contribution >= 4 is 17.6 Å². The summed E-state index contributed by atoms with van der Waals surface area (Å²) < 4.78 is 6.87. The van der Waals surface area contributed by atoms with E-state index >= 15 is 0 Å². The number of rotatable bonds is 7. The molecule has 3 aromatic rings. The fourth-order valence-electron chi connectivity index (χ4n) is 4.79. The molecular formula is C27H30ClN3O4. The van der Waals surface area contributed by atoms with Gasteiger partial charge >= 0.3 is 5.97 Å². The lowest BCUT2D eigenvalue weighted by molar-refractivity contribution is -0.149. The van der Waals surface area contributed by atoms with Crippen LogP contribution in [0.4, 0.5) is 0 Å². The van der Waals surface area contributed by atoms with Crippen molar-refractivity contribution in [1.29, 1.82) is 0 Å². The third-order valence-electron chi connectivity index (χ3n) is 6.54. The largest absolute Gasteiger partial charge is 0.507 e. The highest BCUT2D eigenvalue weighted by Crippen LogP contribution is 2.36. The van der Waals surface area contributed by atoms with E-state index < -0.39 is 6.04 Å². The van der Waals surface area contributed by atoms with Gasteiger partial charge in [0.1, 0.15) is 5.75 Å². The maximum absolute atomic E-state index is 13.9. The van der Waals surface area contributed by atoms with Crippen LogP contribution in [0.5, 0.6) is 5.75 Å². The number of likely N-dealkylation sites (tertiary alicyclic amines) is 1. The van der Waals surface area contributed by atoms with Crippen LogP contribution >= 0.6 is 11.6 Å². The summed E-state index contributed by atoms with van der Waals surface area (Å²) in [6, 6.07) is 12.2. The van der Waals surface area contributed by atoms with Crippen LogP contribution in [0.3, 0.4) is 0 Å². The van der Waals surface area contributed by atoms with Crippen molar-refractivity contribution in [2.24, 2.45) is 5.92 Å². The molecule has 0 aliphatic carbocycles. The van der Waals surface area contributed by atoms with Crippen molar-refractivity contribution in [3.8, 4) is 5.75 Å². The highest BCUT2D eigenvalue weighted by Gasteiger charge is 2.34. The number of pyridine rings is 2. The quantitative estimate of drug-likeness (QED) is 0.491. The molecule has 8 heteroatoms. The number of nitrogens with zero attached hydrogens (tertiary/aromatic N) is 3. The van der Waals surface area contributed by atoms with E-state index in [9.17, 15) is 14.7 Å². The standard InChI is InChI=1S/C27H30ClN3O4/c1-3-35-27(34)20-9-12-30(13-10-20)25(21-7-4-8-22(28)15-21)24-23(32)14-18(2)31(26(24)33)17-19-6-5-11-29-16-19/h4-8,11,14-16,20,25,32H,3,9-10,12-13,17H2,1-2H3/t25-/m1/s1. The number of hydrogen-bond acceptors (Lipinski definition) is 6. The summed E-state index contributed by atoms with van der Waals surface area (Å²) in [5.74, 6) is -0.393. The van der Waals surface area contributed by atoms with Crippen LogP contribution in [0.1, 0.15) is 48.2 Å². The molecule has 0 radical (unpaired) electrons. The lowest BCUT2D eigenvalue weighted by Crippen LogP contribution is -2.42. The van der Waals surface area contributed by atoms with Gasteiger partial charge in [-0.1, -0.05) is 29.8 Å². The Bertz CT molecular complexity index is 1240. The summed E-state index contributed by atoms with van der Waals surface area (Å²) in [7, 11) is 0. The van der Waals surface area contributed by atoms with Crippen LogP contribution in [0.2, 0.25) is 5.02 Å². The second-order valence-corrected chi connectivity index (χ2v) is 9.29. The van der Waals surface area contributed by atoms with Crippen LogP contribution in [0.25, 0.3) is 0 Å². The van der Waals surface area contributed by atoms with Crippen molar-refractivity contribution in [2.45, 2.75) is 39.3 Å². The van der Waals surface area contributed by atoms with E-state index in [0.717, 1.165) is 11.1 Å². The molecule has 35 heavy (non-hydrogen) atoms. The summed E-state index contributed by atoms with van der Waals surface area (Å²) in [4.78, 5) is 32.4. The summed E-state index contributed by atoms with van der Waals surface area (Å²) in [6.45, 7) is 5.47. The number of aryl methyl sites for hydroxylation is 1. The van der Waals surface area contributed by atoms with Gasteiger partial charge in [-0.2, -0.15) is 0 Å². The predicted octanol–water partition coefficient (Wildman–Crippen LogP) is 4.32. The molecule has 0 saturated carbocycles. The summed E-state index contributed by atoms with van der Waals surface area (Å²) in [6.07, 6.45) is 4.66. The number of carbonyl (C=O) groups excluding carboxylic acids is 1. The monoisotopic (exact) mass is 495 g/mol. The average Bonchev–Trinajstić information content (AvgIpc) is 2.85. The number of benzene rings is 1. The molecule has 1 saturated heterocycles. The van der Waals surface area contributed by atoms with Gasteiger partial charge in [0.2, 0.25) is 0 Å². The molecule has 1 aromatic carbocycles. The van der Waals surface area contributed by atoms with E-state index in [1.165, 1.54) is 0 Å². The topological polar surface area (TPSA) is 84.7 Å². The third-order valence-corrected chi connectivity index (χ3v) is 6.77. The van der Waals surface area contributed by atoms with E-state index in [-0.39, 0.29) is 23.2 Å². The van der Waals surface area contributed by atoms with Gasteiger partial charge in [-0.15, -0.1) is 0 Å². The molecule has 0 amide bonds. The molecule has 0 unspecified atom stereocenters. The van der Waals surface area contributed by atoms with Crippen molar-refractivity contribution < 1.29 is 14.6 Å². The number of aromatic nitrogens is 2. The van der Waals surface area contributed by atoms with Crippen molar-refractivity contribution in [3.05, 3.63) is 92.6 Å². The molecule has 0 bridgehead atoms. The summed E-state index contributed by atoms with van der Waals surface area (Å²) in [5.41, 5.74) is 2.41. The van der Waals surface area contributed by atoms with E-state index in [1.54, 1.807) is 42.9 Å². The molecule has 3 heterocycles. The fraction of sp³-hybridized carbons (Fsp3) is 0.370. The number of ether oxygens (including phenoxy) is 1. The Labute approximate surface area is 209 Å². The van der Waals surface area contributed by atoms with Crippen LogP contribution in [-0.2, 0) is 16.1 Å². The number of carbonyl (C=O) groups is 1. The maximum atomic E-state index is 13.9. The van der Waals surface area contributed by atoms with E-state index in [0.29, 0.717) is 55.4 Å². The molecule has 2 aromatic heterocycles. The minimum atomic E-state index is -0.509. The highest BCUT2D eigenvalue weighted by atomic mass is 35.5. The molecule has 1 aliphatic heterocycles. The number of hydrogen-bond donors (Lipinski definition) is 1. The number of aromatic hydroxyl groups is 1. The van der Waals surface area contributed by atoms with Crippen molar-refractivity contribution in [1.82, 2.24) is 14.5 Å². The zero-order chi connectivity index (χ0) is 24.9. The van der Waals surface area contributed by atoms with Gasteiger partial charge in [-0.3, -0.25) is 19.5 Å². The molecule has 7 nitrogen and oxygen atoms in total. The molecule has 1 aliphatic rings. The third kappa shape index (κ3) is 5.57. The van der Waals surface area contributed by atoms with Crippen LogP contribution in [0.15, 0.2) is 59.7 Å². The Balaban J connectivity index is 1.75. The molecule has 184 valence electrons. The Morgan fingerprint density at radius 3 is 2.66 bits per heavy atom. The smallest absolute Gasteiger partial charge is 0.309 e. The van der Waals surface area contributed by atoms with E-state index in [4.69, 9.17) is 16.3 Å². The maximum Gasteiger partial charge on any atom is 0.309 e. The Morgan fingerprint density at radius 2 is 2.00 bits per heavy atom. The van der Waals surface area contributed by atoms with Gasteiger partial charge < -0.3 is 14.4 Å². The highest BCUT2D eigenvalue weighted by molar-refractivity contribution is 6.30. The molecule has 0 spiro atoms. The van der Waals surface area contributed by atoms with Gasteiger partial charge in [-0.05, 0) is 75.2 Å². The Kier molecular flexibility index (Phi) is 7.88. The number of esters is 1. The van der Waals surface area contributed by atoms with E-state index in [2.05, 4.69) is 9.88 Å². The Hall–Kier alpha value is -3.16. The average molecular weight is 496 g/mol. The Morgan fingerprint density at radius 1 is 1.23 bits per heavy atom. The number of halogens is 1. The minimum absolute atomic E-state index is 0.0487. The normalized spacial score (nSPS) is 15.6. The first-order valence-corrected chi connectivity index (χ1v) is 12.2. The van der Waals surface area contributed by atoms with Crippen molar-refractivity contribution in [2.75, 3.05) is 19.7 Å². The second kappa shape index (κ2) is 11.1. The molecule has 1 atom stereocenters. The predicted molar refractivity (Wildman–Crippen MR) is 135 cm³/mol. The van der Waals surface area contributed by atoms with Crippen LogP contribution < -0.4 is 5.56 Å². The van der Waals surface area contributed by atoms with Crippen LogP contribution in [-0.4, -0.2) is 45.2 Å². The first kappa shape index (κ1) is 24.9. The van der Waals surface area contributed by atoms with Gasteiger partial charge in [0, 0.05) is 23.1 Å². The zero-order valence-corrected chi connectivity index (χ0v) is 20.7. The zero-order valence-electron chi connectivity index (χ0n) is 20.0. The van der Waals surface area contributed by atoms with Gasteiger partial charge in [0.05, 0.1) is 30.7 Å². The molecule has 1 fully saturated rings. The minimum Gasteiger partial charge on any atom is -0.507 e. The van der Waals surface area contributed by atoms with Crippen molar-refractivity contribution in [3.63, 3.8) is 0 Å². The molecular weight excluding hydrogens is 466 g/mol. The second-order valence-electron chi connectivity index (χ2n) is 8.86. The van der Waals surface area contributed by atoms with Gasteiger partial charge in [0.25, 0.3) is 5.56 Å². The SMILES string of the molecule is CCOC(=O)C1CCN([C@H](c2cccc(Cl)c2)c2c(O)cc(C)n(Cc3cccnc3)c2=O)CC1. The first-order valence-electron chi connectivity index (χ1n) is 11.9. The van der Waals surface area contributed by atoms with Crippen LogP contribution in [0, 0.1) is 12.8 Å². The first-order chi connectivity index (χ1) is 16.9. The van der Waals surface area contributed by atoms with Gasteiger partial charge in [-0.25, -0.2) is 0 Å². The molecule has 1 N–H and O–H groups in total. The molecule has 4 rings (SSSR count). The van der Waals surface area contributed by atoms with Gasteiger partial charge in [0.15, 0.2) is 0 Å². The number of piperidine rings is 1. The lowest BCUT2D eigenvalue weighted by atomic mass is 9.91. The lowest BCUT2D eigenvalue weighted by Gasteiger charge is -2.37. The fourth-order valence-corrected chi connectivity index (χ4v) is 4.99.